The molecule has 164 valence electrons. The lowest BCUT2D eigenvalue weighted by Gasteiger charge is -2.23. The maximum Gasteiger partial charge on any atom is 0.261 e. The fourth-order valence-corrected chi connectivity index (χ4v) is 4.43. The van der Waals surface area contributed by atoms with E-state index in [-0.39, 0.29) is 12.2 Å². The summed E-state index contributed by atoms with van der Waals surface area (Å²) in [5.74, 6) is -0.789. The van der Waals surface area contributed by atoms with Crippen LogP contribution in [-0.2, 0) is 23.2 Å². The maximum atomic E-state index is 13.1. The normalized spacial score (nSPS) is 17.1. The van der Waals surface area contributed by atoms with Gasteiger partial charge in [0.05, 0.1) is 6.42 Å². The molecular formula is C28H29NO3. The average molecular weight is 428 g/mol. The van der Waals surface area contributed by atoms with Crippen LogP contribution in [0.15, 0.2) is 72.8 Å². The van der Waals surface area contributed by atoms with Crippen molar-refractivity contribution in [3.8, 4) is 0 Å². The first-order valence-corrected chi connectivity index (χ1v) is 11.3. The van der Waals surface area contributed by atoms with Gasteiger partial charge in [-0.15, -0.1) is 0 Å². The predicted molar refractivity (Wildman–Crippen MR) is 127 cm³/mol. The van der Waals surface area contributed by atoms with Gasteiger partial charge in [-0.25, -0.2) is 0 Å². The van der Waals surface area contributed by atoms with Crippen molar-refractivity contribution < 1.29 is 14.7 Å². The summed E-state index contributed by atoms with van der Waals surface area (Å²) in [5, 5.41) is 14.2. The molecule has 0 aromatic heterocycles. The van der Waals surface area contributed by atoms with E-state index in [2.05, 4.69) is 12.2 Å². The zero-order valence-corrected chi connectivity index (χ0v) is 18.4. The van der Waals surface area contributed by atoms with E-state index >= 15 is 0 Å². The molecule has 0 spiro atoms. The molecule has 1 atom stereocenters. The number of ketones is 1. The largest absolute Gasteiger partial charge is 0.375 e. The first-order chi connectivity index (χ1) is 15.5. The van der Waals surface area contributed by atoms with Crippen LogP contribution >= 0.6 is 0 Å². The molecule has 4 nitrogen and oxygen atoms in total. The topological polar surface area (TPSA) is 66.4 Å². The number of benzene rings is 3. The minimum atomic E-state index is -1.88. The van der Waals surface area contributed by atoms with Crippen LogP contribution in [0.25, 0.3) is 0 Å². The van der Waals surface area contributed by atoms with Crippen molar-refractivity contribution in [3.05, 3.63) is 101 Å². The Morgan fingerprint density at radius 1 is 0.906 bits per heavy atom. The number of aryl methyl sites for hydroxylation is 1. The number of rotatable bonds is 9. The van der Waals surface area contributed by atoms with Gasteiger partial charge in [0, 0.05) is 16.8 Å². The number of carbonyl (C=O) groups excluding carboxylic acids is 2. The fraction of sp³-hybridized carbons (Fsp3) is 0.286. The zero-order chi connectivity index (χ0) is 22.6. The molecule has 3 aromatic rings. The fourth-order valence-electron chi connectivity index (χ4n) is 4.43. The van der Waals surface area contributed by atoms with E-state index in [1.165, 1.54) is 18.4 Å². The minimum absolute atomic E-state index is 0.245. The first kappa shape index (κ1) is 22.0. The monoisotopic (exact) mass is 427 g/mol. The third kappa shape index (κ3) is 4.51. The molecule has 0 fully saturated rings. The highest BCUT2D eigenvalue weighted by Gasteiger charge is 2.48. The second kappa shape index (κ2) is 9.49. The molecule has 1 heterocycles. The van der Waals surface area contributed by atoms with Crippen molar-refractivity contribution in [2.45, 2.75) is 51.0 Å². The van der Waals surface area contributed by atoms with Gasteiger partial charge in [-0.2, -0.15) is 0 Å². The lowest BCUT2D eigenvalue weighted by Crippen LogP contribution is -2.37. The molecular weight excluding hydrogens is 398 g/mol. The van der Waals surface area contributed by atoms with Crippen LogP contribution < -0.4 is 5.32 Å². The van der Waals surface area contributed by atoms with Gasteiger partial charge < -0.3 is 10.4 Å². The van der Waals surface area contributed by atoms with Crippen molar-refractivity contribution in [1.29, 1.82) is 0 Å². The molecule has 1 unspecified atom stereocenters. The van der Waals surface area contributed by atoms with Gasteiger partial charge in [-0.3, -0.25) is 9.59 Å². The number of nitrogens with one attached hydrogen (secondary N) is 1. The Morgan fingerprint density at radius 3 is 2.38 bits per heavy atom. The number of unbranched alkanes of at least 4 members (excludes halogenated alkanes) is 2. The van der Waals surface area contributed by atoms with Gasteiger partial charge in [-0.05, 0) is 42.0 Å². The van der Waals surface area contributed by atoms with E-state index in [4.69, 9.17) is 0 Å². The molecule has 0 saturated carbocycles. The smallest absolute Gasteiger partial charge is 0.261 e. The second-order valence-corrected chi connectivity index (χ2v) is 8.57. The molecule has 1 amide bonds. The van der Waals surface area contributed by atoms with Crippen LogP contribution in [0, 0.1) is 0 Å². The molecule has 4 rings (SSSR count). The van der Waals surface area contributed by atoms with Crippen LogP contribution in [0.1, 0.15) is 65.2 Å². The van der Waals surface area contributed by atoms with Crippen LogP contribution in [0.2, 0.25) is 0 Å². The lowest BCUT2D eigenvalue weighted by molar-refractivity contribution is -0.133. The Balaban J connectivity index is 1.57. The molecule has 3 aromatic carbocycles. The van der Waals surface area contributed by atoms with E-state index in [1.54, 1.807) is 18.2 Å². The van der Waals surface area contributed by atoms with E-state index in [1.807, 2.05) is 54.6 Å². The Morgan fingerprint density at radius 2 is 1.66 bits per heavy atom. The number of carbonyl (C=O) groups is 2. The van der Waals surface area contributed by atoms with Gasteiger partial charge in [0.15, 0.2) is 11.4 Å². The highest BCUT2D eigenvalue weighted by molar-refractivity contribution is 6.09. The molecule has 2 N–H and O–H groups in total. The third-order valence-electron chi connectivity index (χ3n) is 6.19. The number of Topliss-reactive ketones (excluding diaryl/α,β-unsaturated/α-hetero) is 1. The maximum absolute atomic E-state index is 13.1. The molecule has 32 heavy (non-hydrogen) atoms. The van der Waals surface area contributed by atoms with Crippen molar-refractivity contribution in [3.63, 3.8) is 0 Å². The van der Waals surface area contributed by atoms with Gasteiger partial charge in [0.2, 0.25) is 0 Å². The molecule has 1 aliphatic heterocycles. The number of hydrogen-bond acceptors (Lipinski definition) is 3. The van der Waals surface area contributed by atoms with Crippen molar-refractivity contribution in [1.82, 2.24) is 0 Å². The van der Waals surface area contributed by atoms with Crippen LogP contribution in [0.5, 0.6) is 0 Å². The summed E-state index contributed by atoms with van der Waals surface area (Å²) in [5.41, 5.74) is 2.84. The van der Waals surface area contributed by atoms with Gasteiger partial charge >= 0.3 is 0 Å². The standard InChI is InChI=1S/C28H29NO3/c1-2-3-5-9-20-14-16-22(17-15-20)25(30)19-28(32)26-23(18-21-10-6-4-7-11-21)12-8-13-24(26)29-27(28)31/h4,6-8,10-17,32H,2-3,5,9,18-19H2,1H3,(H,29,31). The third-order valence-corrected chi connectivity index (χ3v) is 6.19. The van der Waals surface area contributed by atoms with Gasteiger partial charge in [0.1, 0.15) is 0 Å². The lowest BCUT2D eigenvalue weighted by atomic mass is 9.83. The Hall–Kier alpha value is -3.24. The molecule has 0 aliphatic carbocycles. The number of anilines is 1. The summed E-state index contributed by atoms with van der Waals surface area (Å²) < 4.78 is 0. The molecule has 0 radical (unpaired) electrons. The summed E-state index contributed by atoms with van der Waals surface area (Å²) in [6.45, 7) is 2.18. The minimum Gasteiger partial charge on any atom is -0.375 e. The first-order valence-electron chi connectivity index (χ1n) is 11.3. The van der Waals surface area contributed by atoms with Crippen LogP contribution in [0.3, 0.4) is 0 Å². The van der Waals surface area contributed by atoms with Crippen LogP contribution in [0.4, 0.5) is 5.69 Å². The summed E-state index contributed by atoms with van der Waals surface area (Å²) in [6, 6.07) is 23.0. The molecule has 0 saturated heterocycles. The van der Waals surface area contributed by atoms with Crippen LogP contribution in [-0.4, -0.2) is 16.8 Å². The predicted octanol–water partition coefficient (Wildman–Crippen LogP) is 5.42. The Labute approximate surface area is 189 Å². The number of hydrogen-bond donors (Lipinski definition) is 2. The number of aliphatic hydroxyl groups is 1. The van der Waals surface area contributed by atoms with E-state index in [9.17, 15) is 14.7 Å². The van der Waals surface area contributed by atoms with Gasteiger partial charge in [0.25, 0.3) is 5.91 Å². The SMILES string of the molecule is CCCCCc1ccc(C(=O)CC2(O)C(=O)Nc3cccc(Cc4ccccc4)c32)cc1. The summed E-state index contributed by atoms with van der Waals surface area (Å²) in [7, 11) is 0. The number of fused-ring (bicyclic) bond motifs is 1. The van der Waals surface area contributed by atoms with E-state index < -0.39 is 11.5 Å². The average Bonchev–Trinajstić information content (AvgIpc) is 3.05. The highest BCUT2D eigenvalue weighted by Crippen LogP contribution is 2.42. The number of amides is 1. The van der Waals surface area contributed by atoms with Crippen molar-refractivity contribution in [2.24, 2.45) is 0 Å². The Kier molecular flexibility index (Phi) is 6.52. The summed E-state index contributed by atoms with van der Waals surface area (Å²) in [4.78, 5) is 25.9. The summed E-state index contributed by atoms with van der Waals surface area (Å²) >= 11 is 0. The van der Waals surface area contributed by atoms with Crippen molar-refractivity contribution >= 4 is 17.4 Å². The highest BCUT2D eigenvalue weighted by atomic mass is 16.3. The zero-order valence-electron chi connectivity index (χ0n) is 18.4. The molecule has 0 bridgehead atoms. The van der Waals surface area contributed by atoms with E-state index in [0.717, 1.165) is 24.0 Å². The van der Waals surface area contributed by atoms with E-state index in [0.29, 0.717) is 23.2 Å². The van der Waals surface area contributed by atoms with Crippen molar-refractivity contribution in [2.75, 3.05) is 5.32 Å². The second-order valence-electron chi connectivity index (χ2n) is 8.57. The quantitative estimate of drug-likeness (QED) is 0.354. The Bertz CT molecular complexity index is 1110. The molecule has 1 aliphatic rings. The van der Waals surface area contributed by atoms with Gasteiger partial charge in [-0.1, -0.05) is 86.5 Å². The molecule has 4 heteroatoms. The summed E-state index contributed by atoms with van der Waals surface area (Å²) in [6.07, 6.45) is 4.77.